The average Bonchev–Trinajstić information content (AvgIpc) is 2.58. The van der Waals surface area contributed by atoms with E-state index in [1.54, 1.807) is 6.26 Å². The van der Waals surface area contributed by atoms with Gasteiger partial charge in [0.25, 0.3) is 4.80 Å². The number of furan rings is 1. The van der Waals surface area contributed by atoms with Gasteiger partial charge in [-0.2, -0.15) is 0 Å². The van der Waals surface area contributed by atoms with Gasteiger partial charge in [-0.05, 0) is 19.9 Å². The molecule has 0 amide bonds. The molecule has 3 nitrogen and oxygen atoms in total. The molecule has 2 rings (SSSR count). The molecular formula is C9H8BrNO2. The second-order valence-electron chi connectivity index (χ2n) is 2.81. The van der Waals surface area contributed by atoms with Crippen molar-refractivity contribution >= 4 is 15.9 Å². The van der Waals surface area contributed by atoms with Crippen LogP contribution in [0, 0.1) is 13.8 Å². The van der Waals surface area contributed by atoms with E-state index in [4.69, 9.17) is 8.83 Å². The number of aromatic nitrogens is 1. The number of aryl methyl sites for hydroxylation is 2. The lowest BCUT2D eigenvalue weighted by atomic mass is 10.2. The van der Waals surface area contributed by atoms with Crippen LogP contribution in [0.15, 0.2) is 26.0 Å². The van der Waals surface area contributed by atoms with Gasteiger partial charge in [0.2, 0.25) is 0 Å². The van der Waals surface area contributed by atoms with Crippen molar-refractivity contribution in [3.8, 4) is 11.3 Å². The molecule has 0 aliphatic carbocycles. The van der Waals surface area contributed by atoms with Crippen LogP contribution >= 0.6 is 15.9 Å². The van der Waals surface area contributed by atoms with E-state index in [0.717, 1.165) is 22.8 Å². The van der Waals surface area contributed by atoms with Gasteiger partial charge < -0.3 is 8.83 Å². The van der Waals surface area contributed by atoms with E-state index in [0.29, 0.717) is 4.80 Å². The molecule has 0 aromatic carbocycles. The Morgan fingerprint density at radius 3 is 2.62 bits per heavy atom. The quantitative estimate of drug-likeness (QED) is 0.769. The first-order chi connectivity index (χ1) is 6.16. The standard InChI is InChI=1S/C9H8BrNO2/c1-5-3-7(6(2)13-5)8-4-12-9(10)11-8/h3-4H,1-2H3. The third kappa shape index (κ3) is 1.54. The Morgan fingerprint density at radius 1 is 1.38 bits per heavy atom. The van der Waals surface area contributed by atoms with Crippen molar-refractivity contribution in [2.45, 2.75) is 13.8 Å². The van der Waals surface area contributed by atoms with Crippen molar-refractivity contribution in [1.29, 1.82) is 0 Å². The summed E-state index contributed by atoms with van der Waals surface area (Å²) in [4.78, 5) is 4.63. The Morgan fingerprint density at radius 2 is 2.15 bits per heavy atom. The van der Waals surface area contributed by atoms with Gasteiger partial charge in [-0.1, -0.05) is 0 Å². The van der Waals surface area contributed by atoms with Gasteiger partial charge in [0, 0.05) is 21.5 Å². The summed E-state index contributed by atoms with van der Waals surface area (Å²) in [5.41, 5.74) is 1.77. The molecule has 2 aromatic rings. The summed E-state index contributed by atoms with van der Waals surface area (Å²) in [5, 5.41) is 0. The predicted octanol–water partition coefficient (Wildman–Crippen LogP) is 3.31. The average molecular weight is 242 g/mol. The SMILES string of the molecule is Cc1cc(-c2coc(Br)n2)c(C)o1. The number of oxazole rings is 1. The van der Waals surface area contributed by atoms with Gasteiger partial charge in [-0.15, -0.1) is 0 Å². The van der Waals surface area contributed by atoms with Crippen LogP contribution < -0.4 is 0 Å². The van der Waals surface area contributed by atoms with Crippen LogP contribution in [0.4, 0.5) is 0 Å². The van der Waals surface area contributed by atoms with Gasteiger partial charge in [0.05, 0.1) is 0 Å². The summed E-state index contributed by atoms with van der Waals surface area (Å²) >= 11 is 3.15. The molecule has 0 radical (unpaired) electrons. The zero-order chi connectivity index (χ0) is 9.42. The van der Waals surface area contributed by atoms with Crippen LogP contribution in [0.25, 0.3) is 11.3 Å². The number of halogens is 1. The molecule has 0 spiro atoms. The molecule has 0 aliphatic heterocycles. The van der Waals surface area contributed by atoms with Crippen molar-refractivity contribution in [2.75, 3.05) is 0 Å². The zero-order valence-electron chi connectivity index (χ0n) is 7.30. The molecule has 13 heavy (non-hydrogen) atoms. The van der Waals surface area contributed by atoms with Crippen LogP contribution in [0.5, 0.6) is 0 Å². The summed E-state index contributed by atoms with van der Waals surface area (Å²) < 4.78 is 10.4. The number of hydrogen-bond donors (Lipinski definition) is 0. The molecule has 0 saturated heterocycles. The minimum Gasteiger partial charge on any atom is -0.466 e. The molecule has 4 heteroatoms. The molecule has 0 unspecified atom stereocenters. The first kappa shape index (κ1) is 8.56. The number of rotatable bonds is 1. The Kier molecular flexibility index (Phi) is 2.00. The van der Waals surface area contributed by atoms with E-state index in [2.05, 4.69) is 20.9 Å². The van der Waals surface area contributed by atoms with E-state index in [1.807, 2.05) is 19.9 Å². The van der Waals surface area contributed by atoms with Crippen LogP contribution in [-0.2, 0) is 0 Å². The normalized spacial score (nSPS) is 10.7. The van der Waals surface area contributed by atoms with Crippen molar-refractivity contribution in [3.63, 3.8) is 0 Å². The summed E-state index contributed by atoms with van der Waals surface area (Å²) in [6.07, 6.45) is 1.60. The van der Waals surface area contributed by atoms with Gasteiger partial charge in [0.15, 0.2) is 0 Å². The fourth-order valence-corrected chi connectivity index (χ4v) is 1.55. The molecule has 2 aromatic heterocycles. The van der Waals surface area contributed by atoms with E-state index in [1.165, 1.54) is 0 Å². The van der Waals surface area contributed by atoms with Crippen LogP contribution in [-0.4, -0.2) is 4.98 Å². The highest BCUT2D eigenvalue weighted by atomic mass is 79.9. The fourth-order valence-electron chi connectivity index (χ4n) is 1.26. The Hall–Kier alpha value is -1.03. The molecule has 0 atom stereocenters. The molecule has 0 saturated carbocycles. The monoisotopic (exact) mass is 241 g/mol. The fraction of sp³-hybridized carbons (Fsp3) is 0.222. The second kappa shape index (κ2) is 3.03. The maximum absolute atomic E-state index is 5.38. The van der Waals surface area contributed by atoms with E-state index >= 15 is 0 Å². The third-order valence-corrected chi connectivity index (χ3v) is 2.16. The molecule has 0 N–H and O–H groups in total. The van der Waals surface area contributed by atoms with Crippen molar-refractivity contribution < 1.29 is 8.83 Å². The first-order valence-electron chi connectivity index (χ1n) is 3.85. The minimum absolute atomic E-state index is 0.487. The molecule has 0 fully saturated rings. The topological polar surface area (TPSA) is 39.2 Å². The van der Waals surface area contributed by atoms with Gasteiger partial charge >= 0.3 is 0 Å². The highest BCUT2D eigenvalue weighted by molar-refractivity contribution is 9.10. The maximum atomic E-state index is 5.38. The van der Waals surface area contributed by atoms with Crippen molar-refractivity contribution in [2.24, 2.45) is 0 Å². The maximum Gasteiger partial charge on any atom is 0.264 e. The second-order valence-corrected chi connectivity index (χ2v) is 3.49. The minimum atomic E-state index is 0.487. The van der Waals surface area contributed by atoms with Gasteiger partial charge in [0.1, 0.15) is 23.5 Å². The number of nitrogens with zero attached hydrogens (tertiary/aromatic N) is 1. The Bertz CT molecular complexity index is 431. The van der Waals surface area contributed by atoms with E-state index < -0.39 is 0 Å². The largest absolute Gasteiger partial charge is 0.466 e. The molecule has 0 bridgehead atoms. The highest BCUT2D eigenvalue weighted by Crippen LogP contribution is 2.26. The van der Waals surface area contributed by atoms with Crippen molar-refractivity contribution in [3.05, 3.63) is 28.7 Å². The van der Waals surface area contributed by atoms with Gasteiger partial charge in [-0.3, -0.25) is 0 Å². The van der Waals surface area contributed by atoms with Gasteiger partial charge in [-0.25, -0.2) is 4.98 Å². The Labute approximate surface area is 83.9 Å². The molecular weight excluding hydrogens is 234 g/mol. The molecule has 0 aliphatic rings. The van der Waals surface area contributed by atoms with E-state index in [9.17, 15) is 0 Å². The summed E-state index contributed by atoms with van der Waals surface area (Å²) in [5.74, 6) is 1.74. The Balaban J connectivity index is 2.51. The lowest BCUT2D eigenvalue weighted by Gasteiger charge is -1.88. The zero-order valence-corrected chi connectivity index (χ0v) is 8.88. The molecule has 2 heterocycles. The smallest absolute Gasteiger partial charge is 0.264 e. The summed E-state index contributed by atoms with van der Waals surface area (Å²) in [6.45, 7) is 3.82. The highest BCUT2D eigenvalue weighted by Gasteiger charge is 2.10. The predicted molar refractivity (Wildman–Crippen MR) is 51.4 cm³/mol. The molecule has 68 valence electrons. The third-order valence-electron chi connectivity index (χ3n) is 1.79. The van der Waals surface area contributed by atoms with E-state index in [-0.39, 0.29) is 0 Å². The summed E-state index contributed by atoms with van der Waals surface area (Å²) in [7, 11) is 0. The van der Waals surface area contributed by atoms with Crippen molar-refractivity contribution in [1.82, 2.24) is 4.98 Å². The van der Waals surface area contributed by atoms with Crippen LogP contribution in [0.3, 0.4) is 0 Å². The first-order valence-corrected chi connectivity index (χ1v) is 4.64. The lowest BCUT2D eigenvalue weighted by Crippen LogP contribution is -1.75. The summed E-state index contributed by atoms with van der Waals surface area (Å²) in [6, 6.07) is 1.94. The lowest BCUT2D eigenvalue weighted by molar-refractivity contribution is 0.505. The number of hydrogen-bond acceptors (Lipinski definition) is 3. The van der Waals surface area contributed by atoms with Crippen LogP contribution in [0.1, 0.15) is 11.5 Å². The van der Waals surface area contributed by atoms with Crippen LogP contribution in [0.2, 0.25) is 0 Å².